The zero-order valence-corrected chi connectivity index (χ0v) is 6.78. The van der Waals surface area contributed by atoms with Crippen molar-refractivity contribution in [3.8, 4) is 0 Å². The molecule has 0 radical (unpaired) electrons. The van der Waals surface area contributed by atoms with Crippen LogP contribution in [0.5, 0.6) is 0 Å². The Morgan fingerprint density at radius 1 is 1.17 bits per heavy atom. The summed E-state index contributed by atoms with van der Waals surface area (Å²) >= 11 is 0. The molecule has 32 valence electrons. The van der Waals surface area contributed by atoms with Gasteiger partial charge < -0.3 is 23.4 Å². The van der Waals surface area contributed by atoms with E-state index in [1.807, 2.05) is 0 Å². The molecule has 0 saturated heterocycles. The van der Waals surface area contributed by atoms with Crippen molar-refractivity contribution in [2.24, 2.45) is 0 Å². The van der Waals surface area contributed by atoms with Gasteiger partial charge in [-0.3, -0.25) is 0 Å². The Kier molecular flexibility index (Phi) is 10.7. The number of hydrogen-bond donors (Lipinski definition) is 0. The van der Waals surface area contributed by atoms with E-state index in [4.69, 9.17) is 0 Å². The van der Waals surface area contributed by atoms with Crippen LogP contribution in [0, 0.1) is 6.42 Å². The summed E-state index contributed by atoms with van der Waals surface area (Å²) in [6, 6.07) is 0. The van der Waals surface area contributed by atoms with Crippen LogP contribution in [-0.2, 0) is 0 Å². The monoisotopic (exact) mass is 158 g/mol. The zero-order valence-electron chi connectivity index (χ0n) is 3.78. The van der Waals surface area contributed by atoms with E-state index < -0.39 is 0 Å². The predicted molar refractivity (Wildman–Crippen MR) is 23.9 cm³/mol. The Balaban J connectivity index is 0. The van der Waals surface area contributed by atoms with Gasteiger partial charge in [0, 0.05) is 0 Å². The molecular formula is C4H7BrMg. The molecule has 1 saturated carbocycles. The largest absolute Gasteiger partial charge is 2.00 e. The topological polar surface area (TPSA) is 0 Å². The standard InChI is InChI=1S/C4H7.BrH.Mg/c1-2-4-3-1;;/h1H,2-4H2;1H;/q-1;;+2/p-1. The average Bonchev–Trinajstić information content (AvgIpc) is 0.722. The molecule has 1 aliphatic rings. The van der Waals surface area contributed by atoms with Crippen molar-refractivity contribution in [1.29, 1.82) is 0 Å². The molecule has 6 heavy (non-hydrogen) atoms. The van der Waals surface area contributed by atoms with E-state index in [1.54, 1.807) is 0 Å². The second-order valence-electron chi connectivity index (χ2n) is 1.22. The molecule has 1 aliphatic carbocycles. The molecule has 0 atom stereocenters. The molecule has 0 aromatic rings. The summed E-state index contributed by atoms with van der Waals surface area (Å²) in [5.41, 5.74) is 0. The minimum Gasteiger partial charge on any atom is -1.00 e. The second kappa shape index (κ2) is 6.25. The maximum absolute atomic E-state index is 2.31. The van der Waals surface area contributed by atoms with Crippen LogP contribution in [0.2, 0.25) is 0 Å². The first-order valence-electron chi connectivity index (χ1n) is 1.82. The third-order valence-corrected chi connectivity index (χ3v) is 0.816. The van der Waals surface area contributed by atoms with Gasteiger partial charge in [0.25, 0.3) is 0 Å². The molecule has 0 amide bonds. The van der Waals surface area contributed by atoms with Crippen molar-refractivity contribution in [2.45, 2.75) is 19.3 Å². The van der Waals surface area contributed by atoms with Crippen LogP contribution in [0.15, 0.2) is 0 Å². The smallest absolute Gasteiger partial charge is 1.00 e. The van der Waals surface area contributed by atoms with Gasteiger partial charge in [-0.25, -0.2) is 0 Å². The molecule has 0 spiro atoms. The Morgan fingerprint density at radius 3 is 1.33 bits per heavy atom. The van der Waals surface area contributed by atoms with Crippen molar-refractivity contribution in [2.75, 3.05) is 0 Å². The van der Waals surface area contributed by atoms with E-state index >= 15 is 0 Å². The third kappa shape index (κ3) is 3.44. The van der Waals surface area contributed by atoms with E-state index in [9.17, 15) is 0 Å². The number of hydrogen-bond acceptors (Lipinski definition) is 0. The van der Waals surface area contributed by atoms with Gasteiger partial charge in [-0.1, -0.05) is 0 Å². The molecule has 0 aromatic heterocycles. The van der Waals surface area contributed by atoms with Crippen molar-refractivity contribution >= 4 is 23.1 Å². The summed E-state index contributed by atoms with van der Waals surface area (Å²) < 4.78 is 0. The molecular weight excluding hydrogens is 152 g/mol. The van der Waals surface area contributed by atoms with Crippen molar-refractivity contribution in [3.05, 3.63) is 6.42 Å². The Bertz CT molecular complexity index is 15.5. The molecule has 1 rings (SSSR count). The second-order valence-corrected chi connectivity index (χ2v) is 1.22. The maximum atomic E-state index is 2.31. The number of halogens is 1. The molecule has 0 unspecified atom stereocenters. The van der Waals surface area contributed by atoms with E-state index in [-0.39, 0.29) is 40.0 Å². The fourth-order valence-corrected chi connectivity index (χ4v) is 0.204. The number of rotatable bonds is 0. The molecule has 1 fully saturated rings. The summed E-state index contributed by atoms with van der Waals surface area (Å²) in [6.45, 7) is 0. The zero-order chi connectivity index (χ0) is 2.83. The summed E-state index contributed by atoms with van der Waals surface area (Å²) in [6.07, 6.45) is 6.50. The van der Waals surface area contributed by atoms with E-state index in [1.165, 1.54) is 19.3 Å². The fourth-order valence-electron chi connectivity index (χ4n) is 0.204. The Hall–Kier alpha value is 1.25. The van der Waals surface area contributed by atoms with Gasteiger partial charge in [0.05, 0.1) is 0 Å². The SMILES string of the molecule is [Br-].[CH-]1CCC1.[Mg+2]. The average molecular weight is 159 g/mol. The fraction of sp³-hybridized carbons (Fsp3) is 0.750. The quantitative estimate of drug-likeness (QED) is 0.283. The molecule has 0 heterocycles. The summed E-state index contributed by atoms with van der Waals surface area (Å²) in [5, 5.41) is 0. The van der Waals surface area contributed by atoms with Crippen LogP contribution in [0.3, 0.4) is 0 Å². The van der Waals surface area contributed by atoms with Crippen LogP contribution in [0.4, 0.5) is 0 Å². The van der Waals surface area contributed by atoms with Crippen molar-refractivity contribution < 1.29 is 17.0 Å². The van der Waals surface area contributed by atoms with Crippen LogP contribution < -0.4 is 17.0 Å². The van der Waals surface area contributed by atoms with Crippen LogP contribution in [0.1, 0.15) is 19.3 Å². The third-order valence-electron chi connectivity index (χ3n) is 0.816. The normalized spacial score (nSPS) is 16.0. The summed E-state index contributed by atoms with van der Waals surface area (Å²) in [5.74, 6) is 0. The van der Waals surface area contributed by atoms with E-state index in [0.29, 0.717) is 0 Å². The van der Waals surface area contributed by atoms with Gasteiger partial charge in [0.2, 0.25) is 0 Å². The summed E-state index contributed by atoms with van der Waals surface area (Å²) in [4.78, 5) is 0. The molecule has 2 heteroatoms. The van der Waals surface area contributed by atoms with Gasteiger partial charge in [-0.05, 0) is 0 Å². The Morgan fingerprint density at radius 2 is 1.33 bits per heavy atom. The summed E-state index contributed by atoms with van der Waals surface area (Å²) in [7, 11) is 0. The minimum absolute atomic E-state index is 0. The first-order chi connectivity index (χ1) is 2.00. The van der Waals surface area contributed by atoms with Gasteiger partial charge in [0.1, 0.15) is 0 Å². The molecule has 0 nitrogen and oxygen atoms in total. The first-order valence-corrected chi connectivity index (χ1v) is 1.82. The molecule has 0 aliphatic heterocycles. The van der Waals surface area contributed by atoms with Crippen LogP contribution in [0.25, 0.3) is 0 Å². The molecule has 0 bridgehead atoms. The molecule has 0 aromatic carbocycles. The van der Waals surface area contributed by atoms with Crippen LogP contribution >= 0.6 is 0 Å². The van der Waals surface area contributed by atoms with E-state index in [0.717, 1.165) is 0 Å². The van der Waals surface area contributed by atoms with Gasteiger partial charge in [-0.15, -0.1) is 6.42 Å². The van der Waals surface area contributed by atoms with Gasteiger partial charge >= 0.3 is 23.1 Å². The van der Waals surface area contributed by atoms with Gasteiger partial charge in [-0.2, -0.15) is 12.8 Å². The maximum Gasteiger partial charge on any atom is 2.00 e. The molecule has 0 N–H and O–H groups in total. The predicted octanol–water partition coefficient (Wildman–Crippen LogP) is -2.00. The van der Waals surface area contributed by atoms with Crippen molar-refractivity contribution in [3.63, 3.8) is 0 Å². The first kappa shape index (κ1) is 10.3. The van der Waals surface area contributed by atoms with E-state index in [2.05, 4.69) is 6.42 Å². The Labute approximate surface area is 65.6 Å². The minimum atomic E-state index is 0. The van der Waals surface area contributed by atoms with Crippen molar-refractivity contribution in [1.82, 2.24) is 0 Å². The van der Waals surface area contributed by atoms with Crippen LogP contribution in [-0.4, -0.2) is 23.1 Å². The van der Waals surface area contributed by atoms with Gasteiger partial charge in [0.15, 0.2) is 0 Å².